The van der Waals surface area contributed by atoms with Crippen LogP contribution in [-0.4, -0.2) is 35.1 Å². The maximum absolute atomic E-state index is 10.7. The molecule has 0 aliphatic carbocycles. The lowest BCUT2D eigenvalue weighted by molar-refractivity contribution is -0.140. The molecule has 74 valence electrons. The largest absolute Gasteiger partial charge is 0.480 e. The lowest BCUT2D eigenvalue weighted by Gasteiger charge is -2.14. The monoisotopic (exact) mass is 204 g/mol. The third kappa shape index (κ3) is 5.13. The quantitative estimate of drug-likeness (QED) is 0.536. The Labute approximate surface area is 81.5 Å². The van der Waals surface area contributed by atoms with Crippen LogP contribution < -0.4 is 10.6 Å². The van der Waals surface area contributed by atoms with Crippen LogP contribution in [0.2, 0.25) is 0 Å². The van der Waals surface area contributed by atoms with Crippen LogP contribution >= 0.6 is 12.2 Å². The van der Waals surface area contributed by atoms with Gasteiger partial charge in [-0.05, 0) is 19.1 Å². The van der Waals surface area contributed by atoms with Crippen LogP contribution in [0, 0.1) is 0 Å². The van der Waals surface area contributed by atoms with Crippen molar-refractivity contribution in [3.8, 4) is 0 Å². The highest BCUT2D eigenvalue weighted by Crippen LogP contribution is 1.93. The van der Waals surface area contributed by atoms with Crippen molar-refractivity contribution in [1.29, 1.82) is 0 Å². The standard InChI is InChI=1S/C7H12N2O3S/c1-4(10)3-5(6(11)12)9-7(13)8-2/h5H,3H2,1-2H3,(H,11,12)(H2,8,9,13). The first-order chi connectivity index (χ1) is 5.97. The summed E-state index contributed by atoms with van der Waals surface area (Å²) in [5, 5.41) is 13.9. The number of ketones is 1. The summed E-state index contributed by atoms with van der Waals surface area (Å²) in [6, 6.07) is -0.947. The Kier molecular flexibility index (Phi) is 4.98. The summed E-state index contributed by atoms with van der Waals surface area (Å²) in [6.07, 6.45) is -0.0723. The Morgan fingerprint density at radius 1 is 1.54 bits per heavy atom. The zero-order chi connectivity index (χ0) is 10.4. The molecule has 0 saturated heterocycles. The van der Waals surface area contributed by atoms with Crippen LogP contribution in [0.4, 0.5) is 0 Å². The number of carboxylic acids is 1. The molecule has 0 aromatic heterocycles. The van der Waals surface area contributed by atoms with E-state index in [0.717, 1.165) is 0 Å². The van der Waals surface area contributed by atoms with Gasteiger partial charge in [0, 0.05) is 13.5 Å². The Bertz CT molecular complexity index is 230. The van der Waals surface area contributed by atoms with E-state index in [9.17, 15) is 9.59 Å². The van der Waals surface area contributed by atoms with Crippen molar-refractivity contribution in [3.63, 3.8) is 0 Å². The maximum atomic E-state index is 10.7. The molecule has 0 heterocycles. The van der Waals surface area contributed by atoms with Gasteiger partial charge in [0.2, 0.25) is 0 Å². The van der Waals surface area contributed by atoms with Gasteiger partial charge in [0.05, 0.1) is 0 Å². The van der Waals surface area contributed by atoms with Gasteiger partial charge in [-0.15, -0.1) is 0 Å². The Morgan fingerprint density at radius 2 is 2.08 bits per heavy atom. The molecule has 13 heavy (non-hydrogen) atoms. The molecular weight excluding hydrogens is 192 g/mol. The van der Waals surface area contributed by atoms with Gasteiger partial charge in [0.15, 0.2) is 5.11 Å². The molecule has 0 bridgehead atoms. The van der Waals surface area contributed by atoms with E-state index in [1.807, 2.05) is 0 Å². The topological polar surface area (TPSA) is 78.4 Å². The normalized spacial score (nSPS) is 11.5. The molecule has 0 amide bonds. The molecule has 0 fully saturated rings. The Morgan fingerprint density at radius 3 is 2.38 bits per heavy atom. The summed E-state index contributed by atoms with van der Waals surface area (Å²) in [5.74, 6) is -1.29. The first-order valence-electron chi connectivity index (χ1n) is 3.68. The highest BCUT2D eigenvalue weighted by atomic mass is 32.1. The average Bonchev–Trinajstić information content (AvgIpc) is 2.02. The molecule has 0 aliphatic heterocycles. The molecule has 0 radical (unpaired) electrons. The van der Waals surface area contributed by atoms with E-state index in [2.05, 4.69) is 10.6 Å². The van der Waals surface area contributed by atoms with Gasteiger partial charge >= 0.3 is 5.97 Å². The van der Waals surface area contributed by atoms with Gasteiger partial charge in [-0.2, -0.15) is 0 Å². The van der Waals surface area contributed by atoms with Crippen LogP contribution in [0.25, 0.3) is 0 Å². The van der Waals surface area contributed by atoms with E-state index in [4.69, 9.17) is 17.3 Å². The van der Waals surface area contributed by atoms with Gasteiger partial charge in [0.1, 0.15) is 11.8 Å². The highest BCUT2D eigenvalue weighted by Gasteiger charge is 2.19. The lowest BCUT2D eigenvalue weighted by Crippen LogP contribution is -2.45. The first-order valence-corrected chi connectivity index (χ1v) is 4.08. The fraction of sp³-hybridized carbons (Fsp3) is 0.571. The van der Waals surface area contributed by atoms with E-state index in [1.165, 1.54) is 6.92 Å². The van der Waals surface area contributed by atoms with Crippen LogP contribution in [0.15, 0.2) is 0 Å². The number of carbonyl (C=O) groups excluding carboxylic acids is 1. The molecule has 0 aromatic rings. The number of carbonyl (C=O) groups is 2. The molecule has 3 N–H and O–H groups in total. The molecule has 6 heteroatoms. The molecule has 5 nitrogen and oxygen atoms in total. The van der Waals surface area contributed by atoms with Crippen molar-refractivity contribution >= 4 is 29.1 Å². The predicted octanol–water partition coefficient (Wildman–Crippen LogP) is -0.487. The zero-order valence-electron chi connectivity index (χ0n) is 7.46. The van der Waals surface area contributed by atoms with Crippen molar-refractivity contribution < 1.29 is 14.7 Å². The minimum absolute atomic E-state index is 0.0723. The number of aliphatic carboxylic acids is 1. The molecule has 1 unspecified atom stereocenters. The van der Waals surface area contributed by atoms with Crippen molar-refractivity contribution in [1.82, 2.24) is 10.6 Å². The van der Waals surface area contributed by atoms with Crippen molar-refractivity contribution in [2.24, 2.45) is 0 Å². The zero-order valence-corrected chi connectivity index (χ0v) is 8.27. The maximum Gasteiger partial charge on any atom is 0.326 e. The van der Waals surface area contributed by atoms with Crippen LogP contribution in [-0.2, 0) is 9.59 Å². The second-order valence-electron chi connectivity index (χ2n) is 2.52. The molecule has 0 saturated carbocycles. The summed E-state index contributed by atoms with van der Waals surface area (Å²) in [7, 11) is 1.57. The van der Waals surface area contributed by atoms with Crippen LogP contribution in [0.3, 0.4) is 0 Å². The molecule has 1 atom stereocenters. The molecule has 0 spiro atoms. The fourth-order valence-corrected chi connectivity index (χ4v) is 0.860. The van der Waals surface area contributed by atoms with E-state index in [0.29, 0.717) is 0 Å². The summed E-state index contributed by atoms with van der Waals surface area (Å²) in [4.78, 5) is 21.2. The third-order valence-corrected chi connectivity index (χ3v) is 1.64. The number of hydrogen-bond donors (Lipinski definition) is 3. The van der Waals surface area contributed by atoms with Gasteiger partial charge in [-0.25, -0.2) is 4.79 Å². The van der Waals surface area contributed by atoms with E-state index < -0.39 is 12.0 Å². The second-order valence-corrected chi connectivity index (χ2v) is 2.93. The lowest BCUT2D eigenvalue weighted by atomic mass is 10.1. The molecule has 0 rings (SSSR count). The Hall–Kier alpha value is -1.17. The minimum atomic E-state index is -1.09. The van der Waals surface area contributed by atoms with Gasteiger partial charge in [-0.3, -0.25) is 4.79 Å². The number of rotatable bonds is 4. The van der Waals surface area contributed by atoms with Crippen LogP contribution in [0.1, 0.15) is 13.3 Å². The average molecular weight is 204 g/mol. The van der Waals surface area contributed by atoms with E-state index >= 15 is 0 Å². The van der Waals surface area contributed by atoms with Crippen molar-refractivity contribution in [3.05, 3.63) is 0 Å². The number of carboxylic acid groups (broad SMARTS) is 1. The van der Waals surface area contributed by atoms with E-state index in [-0.39, 0.29) is 17.3 Å². The Balaban J connectivity index is 4.18. The van der Waals surface area contributed by atoms with Gasteiger partial charge in [0.25, 0.3) is 0 Å². The smallest absolute Gasteiger partial charge is 0.326 e. The summed E-state index contributed by atoms with van der Waals surface area (Å²) in [6.45, 7) is 1.33. The SMILES string of the molecule is CNC(=S)NC(CC(C)=O)C(=O)O. The highest BCUT2D eigenvalue weighted by molar-refractivity contribution is 7.80. The number of hydrogen-bond acceptors (Lipinski definition) is 3. The van der Waals surface area contributed by atoms with Crippen LogP contribution in [0.5, 0.6) is 0 Å². The summed E-state index contributed by atoms with van der Waals surface area (Å²) >= 11 is 4.71. The van der Waals surface area contributed by atoms with E-state index in [1.54, 1.807) is 7.05 Å². The summed E-state index contributed by atoms with van der Waals surface area (Å²) in [5.41, 5.74) is 0. The second kappa shape index (κ2) is 5.47. The molecular formula is C7H12N2O3S. The number of Topliss-reactive ketones (excluding diaryl/α,β-unsaturated/α-hetero) is 1. The first kappa shape index (κ1) is 11.8. The third-order valence-electron chi connectivity index (χ3n) is 1.32. The number of nitrogens with one attached hydrogen (secondary N) is 2. The minimum Gasteiger partial charge on any atom is -0.480 e. The van der Waals surface area contributed by atoms with Gasteiger partial charge < -0.3 is 15.7 Å². The van der Waals surface area contributed by atoms with Crippen molar-refractivity contribution in [2.75, 3.05) is 7.05 Å². The summed E-state index contributed by atoms with van der Waals surface area (Å²) < 4.78 is 0. The number of thiocarbonyl (C=S) groups is 1. The predicted molar refractivity (Wildman–Crippen MR) is 51.5 cm³/mol. The van der Waals surface area contributed by atoms with Gasteiger partial charge in [-0.1, -0.05) is 0 Å². The van der Waals surface area contributed by atoms with Crippen molar-refractivity contribution in [2.45, 2.75) is 19.4 Å². The molecule has 0 aromatic carbocycles. The fourth-order valence-electron chi connectivity index (χ4n) is 0.718. The molecule has 0 aliphatic rings.